The molecule has 0 aliphatic rings. The predicted molar refractivity (Wildman–Crippen MR) is 90.2 cm³/mol. The molecule has 0 fully saturated rings. The average Bonchev–Trinajstić information content (AvgIpc) is 2.52. The molecule has 3 heteroatoms. The van der Waals surface area contributed by atoms with Gasteiger partial charge in [0.15, 0.2) is 0 Å². The molecule has 0 radical (unpaired) electrons. The molecule has 0 heterocycles. The zero-order chi connectivity index (χ0) is 16.2. The smallest absolute Gasteiger partial charge is 0.225 e. The van der Waals surface area contributed by atoms with Crippen molar-refractivity contribution in [2.45, 2.75) is 32.9 Å². The van der Waals surface area contributed by atoms with E-state index in [1.165, 1.54) is 0 Å². The average molecular weight is 296 g/mol. The van der Waals surface area contributed by atoms with Gasteiger partial charge in [-0.1, -0.05) is 81.4 Å². The van der Waals surface area contributed by atoms with E-state index in [0.717, 1.165) is 11.1 Å². The summed E-state index contributed by atoms with van der Waals surface area (Å²) in [7, 11) is 0. The fraction of sp³-hybridized carbons (Fsp3) is 0.316. The van der Waals surface area contributed by atoms with Gasteiger partial charge in [-0.2, -0.15) is 0 Å². The summed E-state index contributed by atoms with van der Waals surface area (Å²) in [4.78, 5) is 12.4. The lowest BCUT2D eigenvalue weighted by atomic mass is 9.90. The summed E-state index contributed by atoms with van der Waals surface area (Å²) in [5, 5.41) is 3.11. The number of nitrogens with two attached hydrogens (primary N) is 1. The highest BCUT2D eigenvalue weighted by atomic mass is 16.2. The quantitative estimate of drug-likeness (QED) is 0.906. The van der Waals surface area contributed by atoms with Crippen molar-refractivity contribution in [3.8, 4) is 0 Å². The number of rotatable bonds is 4. The van der Waals surface area contributed by atoms with Crippen molar-refractivity contribution >= 4 is 5.91 Å². The number of carbonyl (C=O) groups excluding carboxylic acids is 1. The van der Waals surface area contributed by atoms with Crippen LogP contribution in [0.1, 0.15) is 44.0 Å². The minimum Gasteiger partial charge on any atom is -0.347 e. The van der Waals surface area contributed by atoms with Crippen LogP contribution in [0, 0.1) is 5.41 Å². The molecule has 2 rings (SSSR count). The fourth-order valence-corrected chi connectivity index (χ4v) is 2.27. The number of hydrogen-bond acceptors (Lipinski definition) is 2. The summed E-state index contributed by atoms with van der Waals surface area (Å²) in [5.41, 5.74) is 8.01. The molecule has 0 aliphatic carbocycles. The Morgan fingerprint density at radius 3 is 1.82 bits per heavy atom. The van der Waals surface area contributed by atoms with E-state index in [0.29, 0.717) is 0 Å². The van der Waals surface area contributed by atoms with Crippen molar-refractivity contribution in [3.63, 3.8) is 0 Å². The van der Waals surface area contributed by atoms with Crippen LogP contribution in [0.3, 0.4) is 0 Å². The first-order valence-electron chi connectivity index (χ1n) is 7.56. The van der Waals surface area contributed by atoms with E-state index >= 15 is 0 Å². The monoisotopic (exact) mass is 296 g/mol. The number of nitrogens with one attached hydrogen (secondary N) is 1. The van der Waals surface area contributed by atoms with E-state index in [4.69, 9.17) is 5.73 Å². The van der Waals surface area contributed by atoms with E-state index in [2.05, 4.69) is 5.32 Å². The zero-order valence-electron chi connectivity index (χ0n) is 13.4. The van der Waals surface area contributed by atoms with Gasteiger partial charge >= 0.3 is 0 Å². The lowest BCUT2D eigenvalue weighted by Crippen LogP contribution is -2.41. The van der Waals surface area contributed by atoms with E-state index in [-0.39, 0.29) is 18.0 Å². The first kappa shape index (κ1) is 16.2. The van der Waals surface area contributed by atoms with Gasteiger partial charge in [0.25, 0.3) is 0 Å². The fourth-order valence-electron chi connectivity index (χ4n) is 2.27. The molecule has 2 atom stereocenters. The maximum Gasteiger partial charge on any atom is 0.225 e. The Balaban J connectivity index is 2.32. The standard InChI is InChI=1S/C19H24N2O/c1-19(2,3)18(22)21-17(15-12-8-5-9-13-15)16(20)14-10-6-4-7-11-14/h4-13,16-17H,20H2,1-3H3,(H,21,22)/t16-,17-/m0/s1. The summed E-state index contributed by atoms with van der Waals surface area (Å²) in [6, 6.07) is 19.2. The third kappa shape index (κ3) is 3.95. The number of amides is 1. The van der Waals surface area contributed by atoms with Gasteiger partial charge in [-0.3, -0.25) is 4.79 Å². The topological polar surface area (TPSA) is 55.1 Å². The van der Waals surface area contributed by atoms with Crippen molar-refractivity contribution < 1.29 is 4.79 Å². The third-order valence-electron chi connectivity index (χ3n) is 3.67. The van der Waals surface area contributed by atoms with Crippen molar-refractivity contribution in [2.24, 2.45) is 11.1 Å². The van der Waals surface area contributed by atoms with Gasteiger partial charge in [0.1, 0.15) is 0 Å². The normalized spacial score (nSPS) is 14.2. The molecule has 0 aliphatic heterocycles. The second kappa shape index (κ2) is 6.75. The lowest BCUT2D eigenvalue weighted by molar-refractivity contribution is -0.129. The SMILES string of the molecule is CC(C)(C)C(=O)N[C@@H](c1ccccc1)[C@@H](N)c1ccccc1. The molecule has 2 aromatic rings. The van der Waals surface area contributed by atoms with Gasteiger partial charge in [0.05, 0.1) is 12.1 Å². The summed E-state index contributed by atoms with van der Waals surface area (Å²) < 4.78 is 0. The first-order valence-corrected chi connectivity index (χ1v) is 7.56. The lowest BCUT2D eigenvalue weighted by Gasteiger charge is -2.29. The Morgan fingerprint density at radius 2 is 1.36 bits per heavy atom. The highest BCUT2D eigenvalue weighted by Gasteiger charge is 2.28. The van der Waals surface area contributed by atoms with Gasteiger partial charge in [0.2, 0.25) is 5.91 Å². The molecular formula is C19H24N2O. The number of carbonyl (C=O) groups is 1. The molecule has 22 heavy (non-hydrogen) atoms. The van der Waals surface area contributed by atoms with Crippen LogP contribution in [0.4, 0.5) is 0 Å². The van der Waals surface area contributed by atoms with E-state index in [9.17, 15) is 4.79 Å². The van der Waals surface area contributed by atoms with Crippen LogP contribution in [0.5, 0.6) is 0 Å². The molecule has 0 aromatic heterocycles. The molecule has 0 unspecified atom stereocenters. The van der Waals surface area contributed by atoms with E-state index in [1.54, 1.807) is 0 Å². The molecule has 0 saturated heterocycles. The first-order chi connectivity index (χ1) is 10.4. The molecule has 0 bridgehead atoms. The maximum absolute atomic E-state index is 12.4. The van der Waals surface area contributed by atoms with Crippen LogP contribution in [0.15, 0.2) is 60.7 Å². The van der Waals surface area contributed by atoms with Gasteiger partial charge < -0.3 is 11.1 Å². The molecule has 0 spiro atoms. The van der Waals surface area contributed by atoms with Gasteiger partial charge in [0, 0.05) is 5.41 Å². The minimum atomic E-state index is -0.455. The largest absolute Gasteiger partial charge is 0.347 e. The Labute approximate surface area is 132 Å². The molecule has 3 N–H and O–H groups in total. The highest BCUT2D eigenvalue weighted by Crippen LogP contribution is 2.28. The maximum atomic E-state index is 12.4. The van der Waals surface area contributed by atoms with Crippen molar-refractivity contribution in [3.05, 3.63) is 71.8 Å². The summed E-state index contributed by atoms with van der Waals surface area (Å²) in [6.45, 7) is 5.70. The van der Waals surface area contributed by atoms with Crippen molar-refractivity contribution in [1.82, 2.24) is 5.32 Å². The second-order valence-electron chi connectivity index (χ2n) is 6.55. The van der Waals surface area contributed by atoms with Crippen molar-refractivity contribution in [2.75, 3.05) is 0 Å². The van der Waals surface area contributed by atoms with Gasteiger partial charge in [-0.25, -0.2) is 0 Å². The summed E-state index contributed by atoms with van der Waals surface area (Å²) in [6.07, 6.45) is 0. The number of benzene rings is 2. The summed E-state index contributed by atoms with van der Waals surface area (Å²) in [5.74, 6) is -0.00673. The number of hydrogen-bond donors (Lipinski definition) is 2. The van der Waals surface area contributed by atoms with Crippen LogP contribution in [-0.2, 0) is 4.79 Å². The molecular weight excluding hydrogens is 272 g/mol. The molecule has 0 saturated carbocycles. The Bertz CT molecular complexity index is 602. The van der Waals surface area contributed by atoms with Crippen LogP contribution in [0.25, 0.3) is 0 Å². The van der Waals surface area contributed by atoms with Gasteiger partial charge in [-0.15, -0.1) is 0 Å². The Morgan fingerprint density at radius 1 is 0.909 bits per heavy atom. The second-order valence-corrected chi connectivity index (χ2v) is 6.55. The van der Waals surface area contributed by atoms with E-state index < -0.39 is 5.41 Å². The molecule has 2 aromatic carbocycles. The minimum absolute atomic E-state index is 0.00673. The van der Waals surface area contributed by atoms with Gasteiger partial charge in [-0.05, 0) is 11.1 Å². The third-order valence-corrected chi connectivity index (χ3v) is 3.67. The zero-order valence-corrected chi connectivity index (χ0v) is 13.4. The van der Waals surface area contributed by atoms with Crippen LogP contribution in [-0.4, -0.2) is 5.91 Å². The van der Waals surface area contributed by atoms with Crippen molar-refractivity contribution in [1.29, 1.82) is 0 Å². The van der Waals surface area contributed by atoms with Crippen LogP contribution >= 0.6 is 0 Å². The molecule has 116 valence electrons. The highest BCUT2D eigenvalue weighted by molar-refractivity contribution is 5.81. The molecule has 1 amide bonds. The predicted octanol–water partition coefficient (Wildman–Crippen LogP) is 3.59. The molecule has 3 nitrogen and oxygen atoms in total. The van der Waals surface area contributed by atoms with Crippen LogP contribution in [0.2, 0.25) is 0 Å². The van der Waals surface area contributed by atoms with Crippen LogP contribution < -0.4 is 11.1 Å². The Kier molecular flexibility index (Phi) is 4.99. The van der Waals surface area contributed by atoms with E-state index in [1.807, 2.05) is 81.4 Å². The summed E-state index contributed by atoms with van der Waals surface area (Å²) >= 11 is 0. The Hall–Kier alpha value is -2.13.